The van der Waals surface area contributed by atoms with Crippen molar-refractivity contribution < 1.29 is 14.3 Å². The minimum absolute atomic E-state index is 0.285. The molecule has 0 bridgehead atoms. The Morgan fingerprint density at radius 2 is 1.73 bits per heavy atom. The summed E-state index contributed by atoms with van der Waals surface area (Å²) in [7, 11) is 1.71. The minimum Gasteiger partial charge on any atom is -0.496 e. The van der Waals surface area contributed by atoms with Crippen LogP contribution >= 0.6 is 11.8 Å². The number of carbonyl (C=O) groups excluding carboxylic acids is 2. The lowest BCUT2D eigenvalue weighted by molar-refractivity contribution is -0.115. The number of ether oxygens (including phenoxy) is 1. The summed E-state index contributed by atoms with van der Waals surface area (Å²) >= 11 is 0.882. The van der Waals surface area contributed by atoms with E-state index in [9.17, 15) is 9.59 Å². The van der Waals surface area contributed by atoms with Crippen molar-refractivity contribution in [1.82, 2.24) is 20.6 Å². The topological polar surface area (TPSA) is 105 Å². The van der Waals surface area contributed by atoms with E-state index in [4.69, 9.17) is 4.74 Å². The average molecular weight is 516 g/mol. The van der Waals surface area contributed by atoms with E-state index in [0.717, 1.165) is 55.3 Å². The number of nitrogens with one attached hydrogen (secondary N) is 3. The molecule has 2 fully saturated rings. The molecule has 190 valence electrons. The van der Waals surface area contributed by atoms with Crippen molar-refractivity contribution in [3.63, 3.8) is 0 Å². The second-order valence-corrected chi connectivity index (χ2v) is 10.1. The zero-order valence-electron chi connectivity index (χ0n) is 20.6. The lowest BCUT2D eigenvalue weighted by Gasteiger charge is -2.30. The molecule has 8 nitrogen and oxygen atoms in total. The molecule has 0 unspecified atom stereocenters. The number of aromatic nitrogens is 2. The van der Waals surface area contributed by atoms with E-state index < -0.39 is 0 Å². The van der Waals surface area contributed by atoms with Gasteiger partial charge in [-0.2, -0.15) is 0 Å². The van der Waals surface area contributed by atoms with Crippen molar-refractivity contribution in [2.75, 3.05) is 12.4 Å². The molecule has 0 spiro atoms. The summed E-state index contributed by atoms with van der Waals surface area (Å²) in [6.07, 6.45) is 7.39. The first-order chi connectivity index (χ1) is 18.1. The maximum atomic E-state index is 11.8. The van der Waals surface area contributed by atoms with Crippen LogP contribution in [0.5, 0.6) is 5.75 Å². The predicted octanol–water partition coefficient (Wildman–Crippen LogP) is 4.99. The molecule has 0 atom stereocenters. The van der Waals surface area contributed by atoms with E-state index in [1.165, 1.54) is 11.1 Å². The van der Waals surface area contributed by atoms with Crippen molar-refractivity contribution in [1.29, 1.82) is 0 Å². The van der Waals surface area contributed by atoms with E-state index in [2.05, 4.69) is 56.3 Å². The van der Waals surface area contributed by atoms with Gasteiger partial charge in [0, 0.05) is 30.4 Å². The van der Waals surface area contributed by atoms with Crippen LogP contribution in [0, 0.1) is 0 Å². The molecule has 0 radical (unpaired) electrons. The number of anilines is 1. The highest BCUT2D eigenvalue weighted by atomic mass is 32.2. The zero-order chi connectivity index (χ0) is 25.6. The number of para-hydroxylation sites is 1. The van der Waals surface area contributed by atoms with Crippen LogP contribution < -0.4 is 20.7 Å². The van der Waals surface area contributed by atoms with Crippen LogP contribution in [0.3, 0.4) is 0 Å². The Hall–Kier alpha value is -3.69. The molecule has 1 saturated heterocycles. The third kappa shape index (κ3) is 6.18. The van der Waals surface area contributed by atoms with E-state index in [1.807, 2.05) is 18.2 Å². The van der Waals surface area contributed by atoms with Gasteiger partial charge in [0.1, 0.15) is 5.75 Å². The Labute approximate surface area is 220 Å². The van der Waals surface area contributed by atoms with Gasteiger partial charge >= 0.3 is 0 Å². The molecule has 2 heterocycles. The first-order valence-electron chi connectivity index (χ1n) is 12.4. The zero-order valence-corrected chi connectivity index (χ0v) is 21.4. The Morgan fingerprint density at radius 3 is 2.49 bits per heavy atom. The molecule has 2 aromatic carbocycles. The molecule has 1 saturated carbocycles. The number of hydrogen-bond donors (Lipinski definition) is 3. The fraction of sp³-hybridized carbons (Fsp3) is 0.286. The number of carbonyl (C=O) groups is 2. The third-order valence-electron chi connectivity index (χ3n) is 6.65. The van der Waals surface area contributed by atoms with Crippen LogP contribution in [0.15, 0.2) is 65.7 Å². The Kier molecular flexibility index (Phi) is 7.82. The standard InChI is InChI=1S/C28H29N5O3S/c1-36-24-9-5-4-8-23(24)22-7-3-2-6-18(22)17-30-19-10-12-20(13-11-19)31-27-29-15-14-21(32-27)16-25-26(34)33-28(35)37-25/h2-9,14-16,19-20,30H,10-13,17H2,1H3,(H,29,31,32)(H,33,34,35)/t19-,20-. The molecule has 3 N–H and O–H groups in total. The Bertz CT molecular complexity index is 1320. The first-order valence-corrected chi connectivity index (χ1v) is 13.2. The van der Waals surface area contributed by atoms with Crippen LogP contribution in [-0.2, 0) is 11.3 Å². The molecule has 1 aliphatic heterocycles. The highest BCUT2D eigenvalue weighted by molar-refractivity contribution is 8.18. The summed E-state index contributed by atoms with van der Waals surface area (Å²) < 4.78 is 5.59. The van der Waals surface area contributed by atoms with Crippen molar-refractivity contribution >= 4 is 34.9 Å². The highest BCUT2D eigenvalue weighted by Crippen LogP contribution is 2.32. The lowest BCUT2D eigenvalue weighted by Crippen LogP contribution is -2.37. The van der Waals surface area contributed by atoms with Crippen LogP contribution in [0.2, 0.25) is 0 Å². The number of imide groups is 1. The summed E-state index contributed by atoms with van der Waals surface area (Å²) in [5, 5.41) is 9.08. The molecule has 2 amide bonds. The van der Waals surface area contributed by atoms with E-state index in [0.29, 0.717) is 22.6 Å². The average Bonchev–Trinajstić information content (AvgIpc) is 3.24. The maximum Gasteiger partial charge on any atom is 0.290 e. The van der Waals surface area contributed by atoms with Gasteiger partial charge in [-0.1, -0.05) is 42.5 Å². The second kappa shape index (κ2) is 11.6. The van der Waals surface area contributed by atoms with Gasteiger partial charge in [-0.15, -0.1) is 0 Å². The maximum absolute atomic E-state index is 11.8. The largest absolute Gasteiger partial charge is 0.496 e. The smallest absolute Gasteiger partial charge is 0.290 e. The van der Waals surface area contributed by atoms with Gasteiger partial charge in [0.2, 0.25) is 5.95 Å². The van der Waals surface area contributed by atoms with Gasteiger partial charge in [0.15, 0.2) is 0 Å². The predicted molar refractivity (Wildman–Crippen MR) is 146 cm³/mol. The highest BCUT2D eigenvalue weighted by Gasteiger charge is 2.25. The SMILES string of the molecule is COc1ccccc1-c1ccccc1CN[C@H]1CC[C@H](Nc2nccc(C=C3SC(=O)NC3=O)n2)CC1. The number of benzene rings is 2. The summed E-state index contributed by atoms with van der Waals surface area (Å²) in [6, 6.07) is 19.0. The first kappa shape index (κ1) is 25.0. The molecule has 1 aromatic heterocycles. The molecule has 3 aromatic rings. The molecule has 2 aliphatic rings. The van der Waals surface area contributed by atoms with Gasteiger partial charge in [-0.3, -0.25) is 14.9 Å². The summed E-state index contributed by atoms with van der Waals surface area (Å²) in [4.78, 5) is 32.4. The number of hydrogen-bond acceptors (Lipinski definition) is 8. The Morgan fingerprint density at radius 1 is 1.00 bits per heavy atom. The Balaban J connectivity index is 1.15. The van der Waals surface area contributed by atoms with E-state index in [-0.39, 0.29) is 17.2 Å². The molecular weight excluding hydrogens is 486 g/mol. The molecule has 5 rings (SSSR count). The van der Waals surface area contributed by atoms with Gasteiger partial charge in [0.05, 0.1) is 17.7 Å². The van der Waals surface area contributed by atoms with Crippen LogP contribution in [0.25, 0.3) is 17.2 Å². The second-order valence-electron chi connectivity index (χ2n) is 9.09. The number of thioether (sulfide) groups is 1. The van der Waals surface area contributed by atoms with Gasteiger partial charge in [0.25, 0.3) is 11.1 Å². The molecule has 9 heteroatoms. The third-order valence-corrected chi connectivity index (χ3v) is 7.46. The number of nitrogens with zero attached hydrogens (tertiary/aromatic N) is 2. The molecule has 37 heavy (non-hydrogen) atoms. The fourth-order valence-corrected chi connectivity index (χ4v) is 5.43. The minimum atomic E-state index is -0.389. The van der Waals surface area contributed by atoms with Gasteiger partial charge in [-0.25, -0.2) is 9.97 Å². The number of rotatable bonds is 8. The fourth-order valence-electron chi connectivity index (χ4n) is 4.76. The van der Waals surface area contributed by atoms with E-state index in [1.54, 1.807) is 25.4 Å². The van der Waals surface area contributed by atoms with Crippen molar-refractivity contribution in [2.45, 2.75) is 44.3 Å². The number of amides is 2. The molecule has 1 aliphatic carbocycles. The van der Waals surface area contributed by atoms with Crippen molar-refractivity contribution in [2.24, 2.45) is 0 Å². The number of methoxy groups -OCH3 is 1. The summed E-state index contributed by atoms with van der Waals surface area (Å²) in [5.41, 5.74) is 4.14. The van der Waals surface area contributed by atoms with Gasteiger partial charge < -0.3 is 15.4 Å². The van der Waals surface area contributed by atoms with Crippen LogP contribution in [-0.4, -0.2) is 40.3 Å². The lowest BCUT2D eigenvalue weighted by atomic mass is 9.90. The quantitative estimate of drug-likeness (QED) is 0.361. The van der Waals surface area contributed by atoms with E-state index >= 15 is 0 Å². The van der Waals surface area contributed by atoms with Crippen LogP contribution in [0.1, 0.15) is 36.9 Å². The van der Waals surface area contributed by atoms with Crippen molar-refractivity contribution in [3.8, 4) is 16.9 Å². The summed E-state index contributed by atoms with van der Waals surface area (Å²) in [5.74, 6) is 1.02. The molecular formula is C28H29N5O3S. The normalized spacial score (nSPS) is 20.6. The monoisotopic (exact) mass is 515 g/mol. The van der Waals surface area contributed by atoms with Gasteiger partial charge in [-0.05, 0) is 66.8 Å². The summed E-state index contributed by atoms with van der Waals surface area (Å²) in [6.45, 7) is 0.797. The van der Waals surface area contributed by atoms with Crippen LogP contribution in [0.4, 0.5) is 10.7 Å². The van der Waals surface area contributed by atoms with Crippen molar-refractivity contribution in [3.05, 3.63) is 77.0 Å².